The summed E-state index contributed by atoms with van der Waals surface area (Å²) >= 11 is 1.67. The maximum Gasteiger partial charge on any atom is 0.255 e. The van der Waals surface area contributed by atoms with E-state index in [2.05, 4.69) is 10.1 Å². The van der Waals surface area contributed by atoms with Gasteiger partial charge in [0.05, 0.1) is 30.5 Å². The Labute approximate surface area is 163 Å². The van der Waals surface area contributed by atoms with Crippen molar-refractivity contribution >= 4 is 17.7 Å². The average molecular weight is 388 g/mol. The van der Waals surface area contributed by atoms with Gasteiger partial charge >= 0.3 is 0 Å². The van der Waals surface area contributed by atoms with E-state index in [4.69, 9.17) is 9.26 Å². The van der Waals surface area contributed by atoms with Crippen LogP contribution in [0.5, 0.6) is 0 Å². The van der Waals surface area contributed by atoms with Crippen LogP contribution in [0.15, 0.2) is 33.7 Å². The number of rotatable bonds is 4. The summed E-state index contributed by atoms with van der Waals surface area (Å²) < 4.78 is 10.9. The van der Waals surface area contributed by atoms with E-state index in [0.717, 1.165) is 66.0 Å². The van der Waals surface area contributed by atoms with Gasteiger partial charge in [-0.2, -0.15) is 0 Å². The van der Waals surface area contributed by atoms with Crippen molar-refractivity contribution in [1.29, 1.82) is 0 Å². The SMILES string of the molecule is Cc1noc(C)c1CSc1ccccc1C(=O)N1CCN2CCOC[C@H]2C1. The Morgan fingerprint density at radius 1 is 1.26 bits per heavy atom. The minimum atomic E-state index is 0.113. The minimum Gasteiger partial charge on any atom is -0.378 e. The number of hydrogen-bond donors (Lipinski definition) is 0. The number of piperazine rings is 1. The number of ether oxygens (including phenoxy) is 1. The van der Waals surface area contributed by atoms with Crippen molar-refractivity contribution in [2.45, 2.75) is 30.5 Å². The van der Waals surface area contributed by atoms with E-state index in [9.17, 15) is 4.79 Å². The number of benzene rings is 1. The fourth-order valence-electron chi connectivity index (χ4n) is 3.73. The molecule has 0 bridgehead atoms. The van der Waals surface area contributed by atoms with Crippen molar-refractivity contribution in [3.05, 3.63) is 46.8 Å². The first-order chi connectivity index (χ1) is 13.1. The molecule has 2 aromatic rings. The molecule has 6 nitrogen and oxygen atoms in total. The molecule has 0 aliphatic carbocycles. The van der Waals surface area contributed by atoms with Crippen molar-refractivity contribution in [1.82, 2.24) is 15.0 Å². The van der Waals surface area contributed by atoms with Crippen molar-refractivity contribution in [2.24, 2.45) is 0 Å². The summed E-state index contributed by atoms with van der Waals surface area (Å²) in [6.45, 7) is 8.80. The molecule has 1 aromatic heterocycles. The van der Waals surface area contributed by atoms with E-state index in [-0.39, 0.29) is 5.91 Å². The molecular formula is C20H25N3O3S. The lowest BCUT2D eigenvalue weighted by Gasteiger charge is -2.43. The lowest BCUT2D eigenvalue weighted by Crippen LogP contribution is -2.59. The highest BCUT2D eigenvalue weighted by Crippen LogP contribution is 2.30. The summed E-state index contributed by atoms with van der Waals surface area (Å²) in [5.74, 6) is 1.70. The van der Waals surface area contributed by atoms with Gasteiger partial charge in [0.25, 0.3) is 5.91 Å². The quantitative estimate of drug-likeness (QED) is 0.752. The molecule has 0 radical (unpaired) electrons. The Hall–Kier alpha value is -1.83. The molecule has 1 atom stereocenters. The smallest absolute Gasteiger partial charge is 0.255 e. The fraction of sp³-hybridized carbons (Fsp3) is 0.500. The van der Waals surface area contributed by atoms with Crippen LogP contribution in [0.1, 0.15) is 27.4 Å². The van der Waals surface area contributed by atoms with Gasteiger partial charge < -0.3 is 14.2 Å². The summed E-state index contributed by atoms with van der Waals surface area (Å²) in [7, 11) is 0. The molecule has 2 aliphatic rings. The molecule has 7 heteroatoms. The first-order valence-corrected chi connectivity index (χ1v) is 10.4. The second kappa shape index (κ2) is 8.04. The third-order valence-corrected chi connectivity index (χ3v) is 6.50. The van der Waals surface area contributed by atoms with E-state index >= 15 is 0 Å². The van der Waals surface area contributed by atoms with Crippen LogP contribution >= 0.6 is 11.8 Å². The predicted molar refractivity (Wildman–Crippen MR) is 104 cm³/mol. The second-order valence-corrected chi connectivity index (χ2v) is 8.12. The number of carbonyl (C=O) groups is 1. The van der Waals surface area contributed by atoms with E-state index in [0.29, 0.717) is 12.6 Å². The van der Waals surface area contributed by atoms with Crippen LogP contribution in [0.2, 0.25) is 0 Å². The van der Waals surface area contributed by atoms with Crippen LogP contribution in [0, 0.1) is 13.8 Å². The largest absolute Gasteiger partial charge is 0.378 e. The van der Waals surface area contributed by atoms with Crippen LogP contribution in [0.25, 0.3) is 0 Å². The van der Waals surface area contributed by atoms with Gasteiger partial charge in [0.15, 0.2) is 0 Å². The molecule has 0 saturated carbocycles. The first-order valence-electron chi connectivity index (χ1n) is 9.38. The molecule has 0 spiro atoms. The Balaban J connectivity index is 1.48. The van der Waals surface area contributed by atoms with Crippen LogP contribution < -0.4 is 0 Å². The molecule has 0 unspecified atom stereocenters. The molecule has 2 aliphatic heterocycles. The van der Waals surface area contributed by atoms with Crippen LogP contribution in [-0.2, 0) is 10.5 Å². The zero-order valence-corrected chi connectivity index (χ0v) is 16.6. The second-order valence-electron chi connectivity index (χ2n) is 7.10. The number of fused-ring (bicyclic) bond motifs is 1. The molecule has 1 aromatic carbocycles. The number of aryl methyl sites for hydroxylation is 2. The molecule has 27 heavy (non-hydrogen) atoms. The monoisotopic (exact) mass is 387 g/mol. The zero-order chi connectivity index (χ0) is 18.8. The van der Waals surface area contributed by atoms with Crippen molar-refractivity contribution in [3.8, 4) is 0 Å². The summed E-state index contributed by atoms with van der Waals surface area (Å²) in [6, 6.07) is 8.20. The third-order valence-electron chi connectivity index (χ3n) is 5.40. The van der Waals surface area contributed by atoms with E-state index in [1.165, 1.54) is 0 Å². The maximum absolute atomic E-state index is 13.2. The van der Waals surface area contributed by atoms with E-state index < -0.39 is 0 Å². The molecule has 0 N–H and O–H groups in total. The van der Waals surface area contributed by atoms with Crippen LogP contribution in [0.4, 0.5) is 0 Å². The fourth-order valence-corrected chi connectivity index (χ4v) is 4.93. The number of morpholine rings is 1. The number of carbonyl (C=O) groups excluding carboxylic acids is 1. The minimum absolute atomic E-state index is 0.113. The standard InChI is InChI=1S/C20H25N3O3S/c1-14-18(15(2)26-21-14)13-27-19-6-4-3-5-17(19)20(24)23-8-7-22-9-10-25-12-16(22)11-23/h3-6,16H,7-13H2,1-2H3/t16-/m1/s1. The highest BCUT2D eigenvalue weighted by Gasteiger charge is 2.32. The van der Waals surface area contributed by atoms with Crippen LogP contribution in [-0.4, -0.2) is 66.3 Å². The summed E-state index contributed by atoms with van der Waals surface area (Å²) in [6.07, 6.45) is 0. The van der Waals surface area contributed by atoms with Gasteiger partial charge in [0.2, 0.25) is 0 Å². The lowest BCUT2D eigenvalue weighted by atomic mass is 10.1. The molecule has 3 heterocycles. The highest BCUT2D eigenvalue weighted by molar-refractivity contribution is 7.98. The first kappa shape index (κ1) is 18.5. The van der Waals surface area contributed by atoms with Crippen molar-refractivity contribution in [3.63, 3.8) is 0 Å². The zero-order valence-electron chi connectivity index (χ0n) is 15.8. The Bertz CT molecular complexity index is 803. The summed E-state index contributed by atoms with van der Waals surface area (Å²) in [5.41, 5.74) is 2.80. The van der Waals surface area contributed by atoms with Gasteiger partial charge in [-0.1, -0.05) is 17.3 Å². The van der Waals surface area contributed by atoms with Crippen molar-refractivity contribution < 1.29 is 14.1 Å². The molecule has 4 rings (SSSR count). The molecule has 2 fully saturated rings. The van der Waals surface area contributed by atoms with Gasteiger partial charge in [0.1, 0.15) is 5.76 Å². The molecule has 144 valence electrons. The molecule has 2 saturated heterocycles. The molecule has 1 amide bonds. The maximum atomic E-state index is 13.2. The van der Waals surface area contributed by atoms with Gasteiger partial charge in [-0.05, 0) is 26.0 Å². The number of amides is 1. The third kappa shape index (κ3) is 3.90. The highest BCUT2D eigenvalue weighted by atomic mass is 32.2. The summed E-state index contributed by atoms with van der Waals surface area (Å²) in [4.78, 5) is 18.6. The normalized spacial score (nSPS) is 20.5. The van der Waals surface area contributed by atoms with Gasteiger partial charge in [0, 0.05) is 42.4 Å². The van der Waals surface area contributed by atoms with Gasteiger partial charge in [-0.3, -0.25) is 9.69 Å². The molecular weight excluding hydrogens is 362 g/mol. The average Bonchev–Trinajstić information content (AvgIpc) is 3.03. The topological polar surface area (TPSA) is 58.8 Å². The number of aromatic nitrogens is 1. The van der Waals surface area contributed by atoms with E-state index in [1.807, 2.05) is 43.0 Å². The predicted octanol–water partition coefficient (Wildman–Crippen LogP) is 2.74. The van der Waals surface area contributed by atoms with Gasteiger partial charge in [-0.15, -0.1) is 11.8 Å². The Morgan fingerprint density at radius 2 is 2.11 bits per heavy atom. The lowest BCUT2D eigenvalue weighted by molar-refractivity contribution is -0.0395. The Kier molecular flexibility index (Phi) is 5.52. The Morgan fingerprint density at radius 3 is 2.93 bits per heavy atom. The number of hydrogen-bond acceptors (Lipinski definition) is 6. The summed E-state index contributed by atoms with van der Waals surface area (Å²) in [5, 5.41) is 4.02. The van der Waals surface area contributed by atoms with Crippen LogP contribution in [0.3, 0.4) is 0 Å². The number of thioether (sulfide) groups is 1. The van der Waals surface area contributed by atoms with Crippen molar-refractivity contribution in [2.75, 3.05) is 39.4 Å². The number of nitrogens with zero attached hydrogens (tertiary/aromatic N) is 3. The van der Waals surface area contributed by atoms with Gasteiger partial charge in [-0.25, -0.2) is 0 Å². The van der Waals surface area contributed by atoms with E-state index in [1.54, 1.807) is 11.8 Å².